The molecule has 0 bridgehead atoms. The maximum absolute atomic E-state index is 11.6. The Morgan fingerprint density at radius 3 is 2.50 bits per heavy atom. The smallest absolute Gasteiger partial charge is 0.164 e. The minimum atomic E-state index is -0.0221. The molecule has 1 aromatic carbocycles. The van der Waals surface area contributed by atoms with Crippen LogP contribution < -0.4 is 5.73 Å². The van der Waals surface area contributed by atoms with Crippen molar-refractivity contribution in [3.8, 4) is 0 Å². The van der Waals surface area contributed by atoms with Crippen LogP contribution in [-0.4, -0.2) is 11.8 Å². The molecule has 0 spiro atoms. The number of carbonyl (C=O) groups is 1. The molecule has 0 aliphatic rings. The molecule has 1 aromatic rings. The van der Waals surface area contributed by atoms with Gasteiger partial charge in [0.05, 0.1) is 0 Å². The normalized spacial score (nSPS) is 12.5. The van der Waals surface area contributed by atoms with Crippen LogP contribution in [0, 0.1) is 0 Å². The minimum Gasteiger partial charge on any atom is -0.327 e. The molecule has 1 atom stereocenters. The predicted octanol–water partition coefficient (Wildman–Crippen LogP) is 2.76. The van der Waals surface area contributed by atoms with E-state index in [2.05, 4.69) is 15.9 Å². The van der Waals surface area contributed by atoms with Gasteiger partial charge in [0.25, 0.3) is 0 Å². The molecular weight excluding hydrogens is 242 g/mol. The molecule has 0 saturated heterocycles. The molecule has 2 nitrogen and oxygen atoms in total. The molecule has 1 unspecified atom stereocenters. The number of nitrogens with two attached hydrogens (primary N) is 1. The highest BCUT2D eigenvalue weighted by molar-refractivity contribution is 9.10. The molecule has 76 valence electrons. The summed E-state index contributed by atoms with van der Waals surface area (Å²) in [6.07, 6.45) is 1.26. The number of benzene rings is 1. The molecule has 0 heterocycles. The molecule has 0 saturated carbocycles. The Hall–Kier alpha value is -0.670. The van der Waals surface area contributed by atoms with E-state index in [0.717, 1.165) is 16.5 Å². The van der Waals surface area contributed by atoms with Gasteiger partial charge < -0.3 is 5.73 Å². The van der Waals surface area contributed by atoms with Crippen LogP contribution in [0.4, 0.5) is 0 Å². The van der Waals surface area contributed by atoms with Crippen molar-refractivity contribution in [2.75, 3.05) is 0 Å². The van der Waals surface area contributed by atoms with Crippen LogP contribution in [-0.2, 0) is 0 Å². The summed E-state index contributed by atoms with van der Waals surface area (Å²) >= 11 is 3.32. The molecule has 0 aromatic heterocycles. The first-order valence-corrected chi connectivity index (χ1v) is 5.47. The highest BCUT2D eigenvalue weighted by Crippen LogP contribution is 2.12. The maximum Gasteiger partial charge on any atom is 0.164 e. The summed E-state index contributed by atoms with van der Waals surface area (Å²) in [5, 5.41) is 0. The van der Waals surface area contributed by atoms with Crippen LogP contribution in [0.3, 0.4) is 0 Å². The van der Waals surface area contributed by atoms with Crippen LogP contribution in [0.15, 0.2) is 28.7 Å². The van der Waals surface area contributed by atoms with Gasteiger partial charge >= 0.3 is 0 Å². The summed E-state index contributed by atoms with van der Waals surface area (Å²) in [5.74, 6) is 0.117. The number of carbonyl (C=O) groups excluding carboxylic acids is 1. The first kappa shape index (κ1) is 11.4. The average Bonchev–Trinajstić information content (AvgIpc) is 2.18. The Morgan fingerprint density at radius 2 is 2.00 bits per heavy atom. The van der Waals surface area contributed by atoms with Crippen LogP contribution in [0.25, 0.3) is 0 Å². The number of halogens is 1. The summed E-state index contributed by atoms with van der Waals surface area (Å²) in [5.41, 5.74) is 6.44. The highest BCUT2D eigenvalue weighted by atomic mass is 79.9. The molecule has 3 heteroatoms. The lowest BCUT2D eigenvalue weighted by Gasteiger charge is -2.07. The average molecular weight is 256 g/mol. The van der Waals surface area contributed by atoms with Gasteiger partial charge in [-0.2, -0.15) is 0 Å². The Bertz CT molecular complexity index is 308. The topological polar surface area (TPSA) is 43.1 Å². The highest BCUT2D eigenvalue weighted by Gasteiger charge is 2.09. The number of hydrogen-bond acceptors (Lipinski definition) is 2. The zero-order valence-electron chi connectivity index (χ0n) is 8.16. The predicted molar refractivity (Wildman–Crippen MR) is 61.4 cm³/mol. The molecule has 0 aliphatic heterocycles. The third kappa shape index (κ3) is 3.24. The van der Waals surface area contributed by atoms with Gasteiger partial charge in [-0.15, -0.1) is 0 Å². The molecule has 2 N–H and O–H groups in total. The van der Waals surface area contributed by atoms with Crippen molar-refractivity contribution < 1.29 is 4.79 Å². The summed E-state index contributed by atoms with van der Waals surface area (Å²) in [7, 11) is 0. The largest absolute Gasteiger partial charge is 0.327 e. The van der Waals surface area contributed by atoms with Crippen LogP contribution in [0.1, 0.15) is 30.1 Å². The zero-order valence-corrected chi connectivity index (χ0v) is 9.75. The van der Waals surface area contributed by atoms with Crippen LogP contribution >= 0.6 is 15.9 Å². The van der Waals surface area contributed by atoms with Gasteiger partial charge in [0.15, 0.2) is 5.78 Å². The van der Waals surface area contributed by atoms with Crippen LogP contribution in [0.2, 0.25) is 0 Å². The third-order valence-electron chi connectivity index (χ3n) is 2.14. The van der Waals surface area contributed by atoms with Crippen molar-refractivity contribution in [3.63, 3.8) is 0 Å². The van der Waals surface area contributed by atoms with Gasteiger partial charge in [-0.05, 0) is 18.6 Å². The molecule has 0 aliphatic carbocycles. The summed E-state index contributed by atoms with van der Waals surface area (Å²) in [6, 6.07) is 7.34. The molecule has 0 radical (unpaired) electrons. The van der Waals surface area contributed by atoms with Gasteiger partial charge in [-0.3, -0.25) is 4.79 Å². The monoisotopic (exact) mass is 255 g/mol. The van der Waals surface area contributed by atoms with Gasteiger partial charge in [0, 0.05) is 22.5 Å². The first-order chi connectivity index (χ1) is 6.63. The van der Waals surface area contributed by atoms with E-state index in [1.165, 1.54) is 0 Å². The quantitative estimate of drug-likeness (QED) is 0.842. The van der Waals surface area contributed by atoms with Crippen molar-refractivity contribution in [2.45, 2.75) is 25.8 Å². The molecule has 14 heavy (non-hydrogen) atoms. The second-order valence-electron chi connectivity index (χ2n) is 3.30. The lowest BCUT2D eigenvalue weighted by atomic mass is 10.0. The van der Waals surface area contributed by atoms with Gasteiger partial charge in [-0.1, -0.05) is 35.0 Å². The van der Waals surface area contributed by atoms with Gasteiger partial charge in [0.1, 0.15) is 0 Å². The van der Waals surface area contributed by atoms with E-state index in [1.807, 2.05) is 31.2 Å². The third-order valence-corrected chi connectivity index (χ3v) is 2.67. The summed E-state index contributed by atoms with van der Waals surface area (Å²) < 4.78 is 0.980. The SMILES string of the molecule is CCC(N)CC(=O)c1ccc(Br)cc1. The summed E-state index contributed by atoms with van der Waals surface area (Å²) in [6.45, 7) is 1.99. The second kappa shape index (κ2) is 5.27. The Kier molecular flexibility index (Phi) is 4.29. The second-order valence-corrected chi connectivity index (χ2v) is 4.22. The fraction of sp³-hybridized carbons (Fsp3) is 0.364. The van der Waals surface area contributed by atoms with Crippen molar-refractivity contribution in [2.24, 2.45) is 5.73 Å². The fourth-order valence-corrected chi connectivity index (χ4v) is 1.40. The van der Waals surface area contributed by atoms with Crippen molar-refractivity contribution in [1.29, 1.82) is 0 Å². The van der Waals surface area contributed by atoms with E-state index >= 15 is 0 Å². The van der Waals surface area contributed by atoms with Crippen LogP contribution in [0.5, 0.6) is 0 Å². The van der Waals surface area contributed by atoms with E-state index in [4.69, 9.17) is 5.73 Å². The Morgan fingerprint density at radius 1 is 1.43 bits per heavy atom. The molecule has 1 rings (SSSR count). The van der Waals surface area contributed by atoms with E-state index < -0.39 is 0 Å². The van der Waals surface area contributed by atoms with Gasteiger partial charge in [0.2, 0.25) is 0 Å². The molecule has 0 amide bonds. The van der Waals surface area contributed by atoms with Gasteiger partial charge in [-0.25, -0.2) is 0 Å². The van der Waals surface area contributed by atoms with E-state index in [0.29, 0.717) is 6.42 Å². The van der Waals surface area contributed by atoms with Crippen molar-refractivity contribution in [1.82, 2.24) is 0 Å². The molecule has 0 fully saturated rings. The lowest BCUT2D eigenvalue weighted by Crippen LogP contribution is -2.22. The number of rotatable bonds is 4. The Labute approximate surface area is 92.6 Å². The lowest BCUT2D eigenvalue weighted by molar-refractivity contribution is 0.0974. The van der Waals surface area contributed by atoms with E-state index in [-0.39, 0.29) is 11.8 Å². The number of ketones is 1. The number of hydrogen-bond donors (Lipinski definition) is 1. The number of Topliss-reactive ketones (excluding diaryl/α,β-unsaturated/α-hetero) is 1. The first-order valence-electron chi connectivity index (χ1n) is 4.67. The van der Waals surface area contributed by atoms with Crippen molar-refractivity contribution in [3.05, 3.63) is 34.3 Å². The van der Waals surface area contributed by atoms with Crippen molar-refractivity contribution >= 4 is 21.7 Å². The fourth-order valence-electron chi connectivity index (χ4n) is 1.14. The Balaban J connectivity index is 2.65. The zero-order chi connectivity index (χ0) is 10.6. The molecular formula is C11H14BrNO. The minimum absolute atomic E-state index is 0.0221. The maximum atomic E-state index is 11.6. The standard InChI is InChI=1S/C11H14BrNO/c1-2-10(13)7-11(14)8-3-5-9(12)6-4-8/h3-6,10H,2,7,13H2,1H3. The van der Waals surface area contributed by atoms with E-state index in [9.17, 15) is 4.79 Å². The summed E-state index contributed by atoms with van der Waals surface area (Å²) in [4.78, 5) is 11.6. The van der Waals surface area contributed by atoms with E-state index in [1.54, 1.807) is 0 Å².